The lowest BCUT2D eigenvalue weighted by molar-refractivity contribution is 0.355. The van der Waals surface area contributed by atoms with Crippen LogP contribution in [0.1, 0.15) is 22.3 Å². The van der Waals surface area contributed by atoms with Gasteiger partial charge in [-0.25, -0.2) is 14.4 Å². The molecule has 7 heteroatoms. The molecule has 0 spiro atoms. The number of halogens is 1. The fourth-order valence-corrected chi connectivity index (χ4v) is 4.15. The Labute approximate surface area is 197 Å². The average molecular weight is 455 g/mol. The molecule has 0 bridgehead atoms. The van der Waals surface area contributed by atoms with Gasteiger partial charge in [0.2, 0.25) is 5.95 Å². The highest BCUT2D eigenvalue weighted by molar-refractivity contribution is 6.17. The van der Waals surface area contributed by atoms with Gasteiger partial charge in [-0.3, -0.25) is 4.99 Å². The molecule has 1 N–H and O–H groups in total. The number of fused-ring (bicyclic) bond motifs is 3. The van der Waals surface area contributed by atoms with Gasteiger partial charge in [-0.05, 0) is 36.8 Å². The van der Waals surface area contributed by atoms with Crippen LogP contribution in [0.4, 0.5) is 16.0 Å². The smallest absolute Gasteiger partial charge is 0.227 e. The van der Waals surface area contributed by atoms with Gasteiger partial charge in [0.1, 0.15) is 5.82 Å². The summed E-state index contributed by atoms with van der Waals surface area (Å²) < 4.78 is 25.4. The Balaban J connectivity index is 1.59. The molecule has 0 unspecified atom stereocenters. The normalized spacial score (nSPS) is 12.2. The molecule has 3 aromatic carbocycles. The number of aryl methyl sites for hydroxylation is 1. The quantitative estimate of drug-likeness (QED) is 0.419. The minimum atomic E-state index is -0.304. The number of ether oxygens (including phenoxy) is 2. The molecule has 1 aliphatic heterocycles. The van der Waals surface area contributed by atoms with E-state index < -0.39 is 0 Å². The maximum Gasteiger partial charge on any atom is 0.227 e. The number of methoxy groups -OCH3 is 2. The molecule has 2 heterocycles. The Kier molecular flexibility index (Phi) is 5.67. The molecule has 0 radical (unpaired) electrons. The highest BCUT2D eigenvalue weighted by Crippen LogP contribution is 2.35. The Morgan fingerprint density at radius 3 is 2.50 bits per heavy atom. The van der Waals surface area contributed by atoms with Gasteiger partial charge in [0, 0.05) is 40.2 Å². The standard InChI is InChI=1S/C27H23FN4O2/c1-16-7-6-9-20-24(16)25-17(14-29-26(20)19-8-4-5-10-21(19)28)15-30-27(32-25)31-18-11-12-22(33-2)23(13-18)34-3/h4-13,15H,14H2,1-3H3,(H,30,31,32). The van der Waals surface area contributed by atoms with Crippen molar-refractivity contribution >= 4 is 17.3 Å². The predicted molar refractivity (Wildman–Crippen MR) is 131 cm³/mol. The molecule has 5 rings (SSSR count). The van der Waals surface area contributed by atoms with E-state index in [1.807, 2.05) is 49.4 Å². The van der Waals surface area contributed by atoms with E-state index in [9.17, 15) is 4.39 Å². The van der Waals surface area contributed by atoms with Crippen molar-refractivity contribution in [2.45, 2.75) is 13.5 Å². The minimum absolute atomic E-state index is 0.304. The van der Waals surface area contributed by atoms with Crippen molar-refractivity contribution in [3.63, 3.8) is 0 Å². The largest absolute Gasteiger partial charge is 0.493 e. The third kappa shape index (κ3) is 3.85. The number of aliphatic imine (C=N–C) groups is 1. The molecule has 6 nitrogen and oxygen atoms in total. The first-order valence-corrected chi connectivity index (χ1v) is 10.8. The minimum Gasteiger partial charge on any atom is -0.493 e. The van der Waals surface area contributed by atoms with Crippen LogP contribution in [0.15, 0.2) is 71.9 Å². The lowest BCUT2D eigenvalue weighted by Crippen LogP contribution is -2.08. The Hall–Kier alpha value is -4.26. The molecule has 0 aliphatic carbocycles. The first-order chi connectivity index (χ1) is 16.6. The molecule has 0 fully saturated rings. The van der Waals surface area contributed by atoms with Crippen molar-refractivity contribution in [3.05, 3.63) is 94.9 Å². The van der Waals surface area contributed by atoms with Crippen LogP contribution in [0.2, 0.25) is 0 Å². The number of benzene rings is 3. The maximum absolute atomic E-state index is 14.7. The average Bonchev–Trinajstić information content (AvgIpc) is 3.02. The van der Waals surface area contributed by atoms with Crippen molar-refractivity contribution in [2.24, 2.45) is 4.99 Å². The molecular formula is C27H23FN4O2. The summed E-state index contributed by atoms with van der Waals surface area (Å²) in [5.41, 5.74) is 6.30. The summed E-state index contributed by atoms with van der Waals surface area (Å²) in [5.74, 6) is 1.38. The molecule has 0 amide bonds. The highest BCUT2D eigenvalue weighted by Gasteiger charge is 2.24. The van der Waals surface area contributed by atoms with Gasteiger partial charge in [0.05, 0.1) is 32.2 Å². The topological polar surface area (TPSA) is 68.6 Å². The van der Waals surface area contributed by atoms with Crippen LogP contribution < -0.4 is 14.8 Å². The van der Waals surface area contributed by atoms with Crippen LogP contribution in [-0.2, 0) is 6.54 Å². The van der Waals surface area contributed by atoms with E-state index in [1.54, 1.807) is 32.5 Å². The maximum atomic E-state index is 14.7. The van der Waals surface area contributed by atoms with E-state index in [4.69, 9.17) is 19.5 Å². The highest BCUT2D eigenvalue weighted by atomic mass is 19.1. The van der Waals surface area contributed by atoms with Crippen molar-refractivity contribution in [1.82, 2.24) is 9.97 Å². The van der Waals surface area contributed by atoms with E-state index in [0.29, 0.717) is 35.3 Å². The summed E-state index contributed by atoms with van der Waals surface area (Å²) in [4.78, 5) is 14.1. The molecule has 4 aromatic rings. The molecule has 0 atom stereocenters. The summed E-state index contributed by atoms with van der Waals surface area (Å²) in [6.07, 6.45) is 1.77. The van der Waals surface area contributed by atoms with Crippen LogP contribution in [0.25, 0.3) is 11.3 Å². The number of hydrogen-bond acceptors (Lipinski definition) is 6. The SMILES string of the molecule is COc1ccc(Nc2ncc3c(n2)-c2c(C)cccc2C(c2ccccc2F)=NC3)cc1OC. The Morgan fingerprint density at radius 2 is 1.71 bits per heavy atom. The number of aromatic nitrogens is 2. The van der Waals surface area contributed by atoms with Gasteiger partial charge in [-0.1, -0.05) is 30.3 Å². The molecule has 34 heavy (non-hydrogen) atoms. The predicted octanol–water partition coefficient (Wildman–Crippen LogP) is 5.70. The van der Waals surface area contributed by atoms with Crippen molar-refractivity contribution in [3.8, 4) is 22.8 Å². The number of nitrogens with zero attached hydrogens (tertiary/aromatic N) is 3. The van der Waals surface area contributed by atoms with Gasteiger partial charge in [-0.2, -0.15) is 0 Å². The number of hydrogen-bond donors (Lipinski definition) is 1. The van der Waals surface area contributed by atoms with E-state index in [-0.39, 0.29) is 5.82 Å². The van der Waals surface area contributed by atoms with Crippen LogP contribution >= 0.6 is 0 Å². The van der Waals surface area contributed by atoms with Crippen LogP contribution in [0.3, 0.4) is 0 Å². The van der Waals surface area contributed by atoms with Crippen LogP contribution in [0.5, 0.6) is 11.5 Å². The molecule has 0 saturated heterocycles. The number of rotatable bonds is 5. The second-order valence-electron chi connectivity index (χ2n) is 7.90. The third-order valence-electron chi connectivity index (χ3n) is 5.81. The van der Waals surface area contributed by atoms with E-state index in [1.165, 1.54) is 6.07 Å². The molecule has 170 valence electrons. The van der Waals surface area contributed by atoms with Gasteiger partial charge in [0.15, 0.2) is 11.5 Å². The van der Waals surface area contributed by atoms with Gasteiger partial charge >= 0.3 is 0 Å². The lowest BCUT2D eigenvalue weighted by Gasteiger charge is -2.15. The molecule has 1 aliphatic rings. The second kappa shape index (κ2) is 8.94. The van der Waals surface area contributed by atoms with Crippen molar-refractivity contribution in [1.29, 1.82) is 0 Å². The van der Waals surface area contributed by atoms with Gasteiger partial charge in [0.25, 0.3) is 0 Å². The van der Waals surface area contributed by atoms with Crippen LogP contribution in [0, 0.1) is 12.7 Å². The van der Waals surface area contributed by atoms with Crippen molar-refractivity contribution in [2.75, 3.05) is 19.5 Å². The first kappa shape index (κ1) is 21.6. The van der Waals surface area contributed by atoms with E-state index in [0.717, 1.165) is 33.6 Å². The first-order valence-electron chi connectivity index (χ1n) is 10.8. The Bertz CT molecular complexity index is 1420. The van der Waals surface area contributed by atoms with Crippen molar-refractivity contribution < 1.29 is 13.9 Å². The molecule has 0 saturated carbocycles. The lowest BCUT2D eigenvalue weighted by atomic mass is 9.92. The zero-order valence-corrected chi connectivity index (χ0v) is 19.1. The molecular weight excluding hydrogens is 431 g/mol. The summed E-state index contributed by atoms with van der Waals surface area (Å²) in [6, 6.07) is 18.2. The monoisotopic (exact) mass is 454 g/mol. The summed E-state index contributed by atoms with van der Waals surface area (Å²) in [7, 11) is 3.19. The van der Waals surface area contributed by atoms with Gasteiger partial charge in [-0.15, -0.1) is 0 Å². The summed E-state index contributed by atoms with van der Waals surface area (Å²) >= 11 is 0. The van der Waals surface area contributed by atoms with E-state index >= 15 is 0 Å². The van der Waals surface area contributed by atoms with Crippen LogP contribution in [-0.4, -0.2) is 29.9 Å². The number of anilines is 2. The summed E-state index contributed by atoms with van der Waals surface area (Å²) in [6.45, 7) is 2.38. The zero-order chi connectivity index (χ0) is 23.7. The zero-order valence-electron chi connectivity index (χ0n) is 19.1. The fraction of sp³-hybridized carbons (Fsp3) is 0.148. The number of nitrogens with one attached hydrogen (secondary N) is 1. The summed E-state index contributed by atoms with van der Waals surface area (Å²) in [5, 5.41) is 3.25. The van der Waals surface area contributed by atoms with E-state index in [2.05, 4.69) is 10.3 Å². The Morgan fingerprint density at radius 1 is 0.912 bits per heavy atom. The fourth-order valence-electron chi connectivity index (χ4n) is 4.15. The second-order valence-corrected chi connectivity index (χ2v) is 7.90. The third-order valence-corrected chi connectivity index (χ3v) is 5.81. The molecule has 1 aromatic heterocycles. The van der Waals surface area contributed by atoms with Gasteiger partial charge < -0.3 is 14.8 Å².